The van der Waals surface area contributed by atoms with E-state index in [1.165, 1.54) is 25.7 Å². The summed E-state index contributed by atoms with van der Waals surface area (Å²) in [4.78, 5) is 0. The number of aliphatic hydroxyl groups is 2. The number of hydrogen-bond acceptors (Lipinski definition) is 3. The van der Waals surface area contributed by atoms with Gasteiger partial charge in [0.25, 0.3) is 0 Å². The standard InChI is InChI=1S/C11H25NO2/c1-3-5-6-10(4-2)7-12-8-11(14)9-13/h10-14H,3-9H2,1-2H3. The SMILES string of the molecule is CCCCC(CC)CNCC(O)CO. The Morgan fingerprint density at radius 1 is 1.21 bits per heavy atom. The van der Waals surface area contributed by atoms with Crippen molar-refractivity contribution < 1.29 is 10.2 Å². The van der Waals surface area contributed by atoms with Crippen molar-refractivity contribution >= 4 is 0 Å². The van der Waals surface area contributed by atoms with Crippen LogP contribution in [-0.4, -0.2) is 36.0 Å². The Labute approximate surface area is 87.5 Å². The smallest absolute Gasteiger partial charge is 0.0894 e. The summed E-state index contributed by atoms with van der Waals surface area (Å²) < 4.78 is 0. The van der Waals surface area contributed by atoms with Gasteiger partial charge in [-0.25, -0.2) is 0 Å². The van der Waals surface area contributed by atoms with Gasteiger partial charge in [-0.05, 0) is 18.9 Å². The number of rotatable bonds is 9. The van der Waals surface area contributed by atoms with Crippen LogP contribution in [0.25, 0.3) is 0 Å². The summed E-state index contributed by atoms with van der Waals surface area (Å²) in [7, 11) is 0. The summed E-state index contributed by atoms with van der Waals surface area (Å²) >= 11 is 0. The van der Waals surface area contributed by atoms with E-state index in [9.17, 15) is 0 Å². The highest BCUT2D eigenvalue weighted by Gasteiger charge is 2.06. The molecule has 0 aliphatic rings. The number of nitrogens with one attached hydrogen (secondary N) is 1. The van der Waals surface area contributed by atoms with E-state index in [0.717, 1.165) is 6.54 Å². The summed E-state index contributed by atoms with van der Waals surface area (Å²) in [5.41, 5.74) is 0. The summed E-state index contributed by atoms with van der Waals surface area (Å²) in [6.45, 7) is 5.70. The molecule has 0 bridgehead atoms. The van der Waals surface area contributed by atoms with E-state index in [2.05, 4.69) is 19.2 Å². The van der Waals surface area contributed by atoms with Crippen molar-refractivity contribution in [3.63, 3.8) is 0 Å². The molecule has 0 saturated carbocycles. The molecule has 0 saturated heterocycles. The predicted octanol–water partition coefficient (Wildman–Crippen LogP) is 1.15. The molecule has 0 aliphatic heterocycles. The number of hydrogen-bond donors (Lipinski definition) is 3. The van der Waals surface area contributed by atoms with Crippen LogP contribution in [-0.2, 0) is 0 Å². The Morgan fingerprint density at radius 3 is 2.43 bits per heavy atom. The van der Waals surface area contributed by atoms with E-state index >= 15 is 0 Å². The second kappa shape index (κ2) is 9.44. The average molecular weight is 203 g/mol. The lowest BCUT2D eigenvalue weighted by Crippen LogP contribution is -2.32. The molecule has 0 fully saturated rings. The molecule has 0 radical (unpaired) electrons. The molecule has 2 atom stereocenters. The van der Waals surface area contributed by atoms with Crippen molar-refractivity contribution in [1.29, 1.82) is 0 Å². The van der Waals surface area contributed by atoms with E-state index in [4.69, 9.17) is 10.2 Å². The fourth-order valence-electron chi connectivity index (χ4n) is 1.46. The van der Waals surface area contributed by atoms with Crippen molar-refractivity contribution in [2.24, 2.45) is 5.92 Å². The maximum atomic E-state index is 9.11. The van der Waals surface area contributed by atoms with E-state index in [1.54, 1.807) is 0 Å². The summed E-state index contributed by atoms with van der Waals surface area (Å²) in [5.74, 6) is 0.709. The van der Waals surface area contributed by atoms with Crippen LogP contribution >= 0.6 is 0 Å². The minimum absolute atomic E-state index is 0.154. The minimum atomic E-state index is -0.612. The highest BCUT2D eigenvalue weighted by molar-refractivity contribution is 4.63. The van der Waals surface area contributed by atoms with Gasteiger partial charge in [-0.1, -0.05) is 33.1 Å². The van der Waals surface area contributed by atoms with Crippen molar-refractivity contribution in [2.45, 2.75) is 45.6 Å². The van der Waals surface area contributed by atoms with Crippen LogP contribution in [0.2, 0.25) is 0 Å². The van der Waals surface area contributed by atoms with Gasteiger partial charge in [0.15, 0.2) is 0 Å². The Morgan fingerprint density at radius 2 is 1.93 bits per heavy atom. The topological polar surface area (TPSA) is 52.5 Å². The molecule has 0 rings (SSSR count). The molecule has 0 amide bonds. The fraction of sp³-hybridized carbons (Fsp3) is 1.00. The first-order valence-electron chi connectivity index (χ1n) is 5.74. The van der Waals surface area contributed by atoms with Crippen molar-refractivity contribution in [3.8, 4) is 0 Å². The average Bonchev–Trinajstić information content (AvgIpc) is 2.22. The molecular weight excluding hydrogens is 178 g/mol. The van der Waals surface area contributed by atoms with Gasteiger partial charge in [0, 0.05) is 6.54 Å². The monoisotopic (exact) mass is 203 g/mol. The first-order chi connectivity index (χ1) is 6.74. The van der Waals surface area contributed by atoms with Crippen LogP contribution in [0.4, 0.5) is 0 Å². The van der Waals surface area contributed by atoms with E-state index in [-0.39, 0.29) is 6.61 Å². The Kier molecular flexibility index (Phi) is 9.35. The molecule has 3 N–H and O–H groups in total. The molecular formula is C11H25NO2. The van der Waals surface area contributed by atoms with Crippen molar-refractivity contribution in [1.82, 2.24) is 5.32 Å². The maximum absolute atomic E-state index is 9.11. The summed E-state index contributed by atoms with van der Waals surface area (Å²) in [6, 6.07) is 0. The molecule has 0 spiro atoms. The zero-order valence-corrected chi connectivity index (χ0v) is 9.50. The number of unbranched alkanes of at least 4 members (excludes halogenated alkanes) is 1. The first kappa shape index (κ1) is 13.9. The molecule has 0 aromatic rings. The van der Waals surface area contributed by atoms with Gasteiger partial charge in [0.1, 0.15) is 0 Å². The fourth-order valence-corrected chi connectivity index (χ4v) is 1.46. The molecule has 0 aliphatic carbocycles. The van der Waals surface area contributed by atoms with E-state index in [0.29, 0.717) is 12.5 Å². The zero-order valence-electron chi connectivity index (χ0n) is 9.50. The molecule has 14 heavy (non-hydrogen) atoms. The van der Waals surface area contributed by atoms with Crippen molar-refractivity contribution in [2.75, 3.05) is 19.7 Å². The third-order valence-electron chi connectivity index (χ3n) is 2.57. The van der Waals surface area contributed by atoms with Gasteiger partial charge >= 0.3 is 0 Å². The molecule has 3 heteroatoms. The van der Waals surface area contributed by atoms with E-state index < -0.39 is 6.10 Å². The maximum Gasteiger partial charge on any atom is 0.0894 e. The van der Waals surface area contributed by atoms with Gasteiger partial charge in [0.2, 0.25) is 0 Å². The third-order valence-corrected chi connectivity index (χ3v) is 2.57. The van der Waals surface area contributed by atoms with Gasteiger partial charge in [-0.3, -0.25) is 0 Å². The largest absolute Gasteiger partial charge is 0.394 e. The highest BCUT2D eigenvalue weighted by Crippen LogP contribution is 2.10. The number of aliphatic hydroxyl groups excluding tert-OH is 2. The van der Waals surface area contributed by atoms with Gasteiger partial charge < -0.3 is 15.5 Å². The molecule has 0 heterocycles. The Balaban J connectivity index is 3.42. The highest BCUT2D eigenvalue weighted by atomic mass is 16.3. The molecule has 86 valence electrons. The Hall–Kier alpha value is -0.120. The van der Waals surface area contributed by atoms with Crippen LogP contribution in [0.5, 0.6) is 0 Å². The lowest BCUT2D eigenvalue weighted by molar-refractivity contribution is 0.0934. The predicted molar refractivity (Wildman–Crippen MR) is 59.3 cm³/mol. The summed E-state index contributed by atoms with van der Waals surface area (Å²) in [6.07, 6.45) is 4.36. The normalized spacial score (nSPS) is 15.4. The van der Waals surface area contributed by atoms with Crippen molar-refractivity contribution in [3.05, 3.63) is 0 Å². The lowest BCUT2D eigenvalue weighted by atomic mass is 9.99. The third kappa shape index (κ3) is 7.30. The minimum Gasteiger partial charge on any atom is -0.394 e. The second-order valence-corrected chi connectivity index (χ2v) is 3.91. The quantitative estimate of drug-likeness (QED) is 0.527. The lowest BCUT2D eigenvalue weighted by Gasteiger charge is -2.16. The van der Waals surface area contributed by atoms with Crippen LogP contribution in [0.3, 0.4) is 0 Å². The van der Waals surface area contributed by atoms with Crippen LogP contribution in [0.15, 0.2) is 0 Å². The Bertz CT molecular complexity index is 120. The van der Waals surface area contributed by atoms with Crippen LogP contribution in [0, 0.1) is 5.92 Å². The molecule has 0 aromatic heterocycles. The van der Waals surface area contributed by atoms with Gasteiger partial charge in [-0.2, -0.15) is 0 Å². The molecule has 2 unspecified atom stereocenters. The second-order valence-electron chi connectivity index (χ2n) is 3.91. The zero-order chi connectivity index (χ0) is 10.8. The van der Waals surface area contributed by atoms with Crippen LogP contribution in [0.1, 0.15) is 39.5 Å². The first-order valence-corrected chi connectivity index (χ1v) is 5.74. The summed E-state index contributed by atoms with van der Waals surface area (Å²) in [5, 5.41) is 20.9. The van der Waals surface area contributed by atoms with Gasteiger partial charge in [-0.15, -0.1) is 0 Å². The van der Waals surface area contributed by atoms with Crippen LogP contribution < -0.4 is 5.32 Å². The molecule has 0 aromatic carbocycles. The van der Waals surface area contributed by atoms with Gasteiger partial charge in [0.05, 0.1) is 12.7 Å². The molecule has 3 nitrogen and oxygen atoms in total. The van der Waals surface area contributed by atoms with E-state index in [1.807, 2.05) is 0 Å².